The van der Waals surface area contributed by atoms with E-state index in [1.165, 1.54) is 19.0 Å². The molecule has 37 heavy (non-hydrogen) atoms. The normalized spacial score (nSPS) is 28.9. The molecule has 2 unspecified atom stereocenters. The lowest BCUT2D eigenvalue weighted by molar-refractivity contribution is -0.147. The monoisotopic (exact) mass is 510 g/mol. The van der Waals surface area contributed by atoms with Crippen LogP contribution in [0.1, 0.15) is 94.8 Å². The maximum atomic E-state index is 12.5. The summed E-state index contributed by atoms with van der Waals surface area (Å²) in [5, 5.41) is 15.5. The van der Waals surface area contributed by atoms with Crippen LogP contribution in [0.4, 0.5) is 5.69 Å². The molecule has 4 fully saturated rings. The number of unbranched alkanes of at least 4 members (excludes halogenated alkanes) is 1. The number of primary amides is 1. The summed E-state index contributed by atoms with van der Waals surface area (Å²) in [5.74, 6) is 1.21. The Balaban J connectivity index is 1.29. The number of carbonyl (C=O) groups excluding carboxylic acids is 2. The number of fused-ring (bicyclic) bond motifs is 1. The number of nitrogens with two attached hydrogens (primary N) is 1. The van der Waals surface area contributed by atoms with Crippen molar-refractivity contribution in [1.29, 1.82) is 0 Å². The van der Waals surface area contributed by atoms with Crippen LogP contribution in [-0.2, 0) is 16.3 Å². The van der Waals surface area contributed by atoms with Gasteiger partial charge in [-0.2, -0.15) is 0 Å². The van der Waals surface area contributed by atoms with Crippen molar-refractivity contribution in [2.24, 2.45) is 29.4 Å². The van der Waals surface area contributed by atoms with Gasteiger partial charge in [-0.15, -0.1) is 0 Å². The molecule has 8 nitrogen and oxygen atoms in total. The molecule has 4 aliphatic carbocycles. The number of hydrogen-bond donors (Lipinski definition) is 3. The third-order valence-electron chi connectivity index (χ3n) is 9.27. The molecule has 0 radical (unpaired) electrons. The maximum Gasteiger partial charge on any atom is 0.307 e. The van der Waals surface area contributed by atoms with Gasteiger partial charge >= 0.3 is 5.97 Å². The number of ether oxygens (including phenoxy) is 1. The molecule has 4 saturated carbocycles. The maximum absolute atomic E-state index is 12.5. The summed E-state index contributed by atoms with van der Waals surface area (Å²) >= 11 is 0. The molecule has 1 amide bonds. The van der Waals surface area contributed by atoms with Gasteiger partial charge in [-0.3, -0.25) is 14.2 Å². The highest BCUT2D eigenvalue weighted by Gasteiger charge is 2.54. The van der Waals surface area contributed by atoms with Gasteiger partial charge in [0.05, 0.1) is 16.9 Å². The van der Waals surface area contributed by atoms with Crippen LogP contribution in [-0.4, -0.2) is 38.2 Å². The van der Waals surface area contributed by atoms with Crippen molar-refractivity contribution in [3.63, 3.8) is 0 Å². The van der Waals surface area contributed by atoms with E-state index in [9.17, 15) is 14.7 Å². The fourth-order valence-electron chi connectivity index (χ4n) is 7.55. The van der Waals surface area contributed by atoms with Gasteiger partial charge in [0.25, 0.3) is 5.91 Å². The first-order valence-electron chi connectivity index (χ1n) is 14.2. The number of aromatic nitrogens is 2. The third-order valence-corrected chi connectivity index (χ3v) is 9.27. The average Bonchev–Trinajstić information content (AvgIpc) is 3.27. The number of nitrogens with one attached hydrogen (secondary N) is 1. The summed E-state index contributed by atoms with van der Waals surface area (Å²) in [5.41, 5.74) is 6.95. The van der Waals surface area contributed by atoms with Crippen molar-refractivity contribution in [2.75, 3.05) is 5.32 Å². The second-order valence-electron chi connectivity index (χ2n) is 11.9. The largest absolute Gasteiger partial charge is 0.444 e. The number of rotatable bonds is 12. The molecule has 0 aromatic carbocycles. The number of esters is 1. The first-order valence-corrected chi connectivity index (χ1v) is 14.2. The van der Waals surface area contributed by atoms with E-state index in [1.807, 2.05) is 12.3 Å². The summed E-state index contributed by atoms with van der Waals surface area (Å²) in [6, 6.07) is 2.10. The van der Waals surface area contributed by atoms with Crippen molar-refractivity contribution in [3.8, 4) is 0 Å². The van der Waals surface area contributed by atoms with Gasteiger partial charge in [0, 0.05) is 30.2 Å². The van der Waals surface area contributed by atoms with Gasteiger partial charge in [-0.05, 0) is 68.3 Å². The molecule has 0 spiro atoms. The lowest BCUT2D eigenvalue weighted by Crippen LogP contribution is -2.59. The minimum atomic E-state index is -0.521. The van der Waals surface area contributed by atoms with Crippen LogP contribution in [0.2, 0.25) is 0 Å². The smallest absolute Gasteiger partial charge is 0.307 e. The van der Waals surface area contributed by atoms with Crippen molar-refractivity contribution in [1.82, 2.24) is 9.55 Å². The van der Waals surface area contributed by atoms with E-state index >= 15 is 0 Å². The summed E-state index contributed by atoms with van der Waals surface area (Å²) in [6.45, 7) is 4.46. The molecule has 4 aliphatic rings. The van der Waals surface area contributed by atoms with E-state index in [0.29, 0.717) is 47.0 Å². The lowest BCUT2D eigenvalue weighted by atomic mass is 9.52. The second-order valence-corrected chi connectivity index (χ2v) is 11.9. The number of pyridine rings is 1. The topological polar surface area (TPSA) is 119 Å². The SMILES string of the molecule is CCCC[C@@H](CC)CCC(=O)OCn1ccc2c(NC3C4CC5CC3CC(O)(C5)C4)c(C(N)=O)cnc21. The van der Waals surface area contributed by atoms with Crippen molar-refractivity contribution in [3.05, 3.63) is 24.0 Å². The summed E-state index contributed by atoms with van der Waals surface area (Å²) < 4.78 is 7.40. The molecule has 2 heterocycles. The van der Waals surface area contributed by atoms with Crippen molar-refractivity contribution >= 4 is 28.6 Å². The van der Waals surface area contributed by atoms with E-state index in [1.54, 1.807) is 4.57 Å². The van der Waals surface area contributed by atoms with Crippen LogP contribution in [0.3, 0.4) is 0 Å². The Kier molecular flexibility index (Phi) is 7.48. The zero-order valence-electron chi connectivity index (χ0n) is 22.2. The molecule has 4 bridgehead atoms. The number of aliphatic hydroxyl groups is 1. The highest BCUT2D eigenvalue weighted by molar-refractivity contribution is 6.06. The Labute approximate surface area is 219 Å². The van der Waals surface area contributed by atoms with E-state index in [4.69, 9.17) is 10.5 Å². The Morgan fingerprint density at radius 2 is 2.00 bits per heavy atom. The van der Waals surface area contributed by atoms with Gasteiger partial charge in [-0.25, -0.2) is 4.98 Å². The van der Waals surface area contributed by atoms with Crippen LogP contribution in [0.5, 0.6) is 0 Å². The van der Waals surface area contributed by atoms with Crippen LogP contribution in [0.15, 0.2) is 18.5 Å². The summed E-state index contributed by atoms with van der Waals surface area (Å²) in [4.78, 5) is 29.3. The minimum Gasteiger partial charge on any atom is -0.444 e. The lowest BCUT2D eigenvalue weighted by Gasteiger charge is -2.58. The third kappa shape index (κ3) is 5.35. The van der Waals surface area contributed by atoms with E-state index in [2.05, 4.69) is 24.1 Å². The molecule has 202 valence electrons. The number of amides is 1. The number of hydrogen-bond acceptors (Lipinski definition) is 6. The Bertz CT molecular complexity index is 1130. The van der Waals surface area contributed by atoms with Gasteiger partial charge < -0.3 is 20.9 Å². The fraction of sp³-hybridized carbons (Fsp3) is 0.690. The number of anilines is 1. The molecule has 0 saturated heterocycles. The first kappa shape index (κ1) is 26.0. The average molecular weight is 511 g/mol. The van der Waals surface area contributed by atoms with Crippen LogP contribution in [0.25, 0.3) is 11.0 Å². The molecule has 2 aromatic heterocycles. The number of nitrogens with zero attached hydrogens (tertiary/aromatic N) is 2. The van der Waals surface area contributed by atoms with E-state index in [0.717, 1.165) is 56.8 Å². The molecule has 2 aromatic rings. The minimum absolute atomic E-state index is 0.0832. The first-order chi connectivity index (χ1) is 17.8. The zero-order valence-corrected chi connectivity index (χ0v) is 22.2. The predicted octanol–water partition coefficient (Wildman–Crippen LogP) is 4.98. The molecular weight excluding hydrogens is 468 g/mol. The predicted molar refractivity (Wildman–Crippen MR) is 143 cm³/mol. The zero-order chi connectivity index (χ0) is 26.2. The fourth-order valence-corrected chi connectivity index (χ4v) is 7.55. The highest BCUT2D eigenvalue weighted by Crippen LogP contribution is 2.56. The molecule has 0 aliphatic heterocycles. The van der Waals surface area contributed by atoms with Crippen molar-refractivity contribution < 1.29 is 19.4 Å². The quantitative estimate of drug-likeness (QED) is 0.346. The molecular formula is C29H42N4O4. The van der Waals surface area contributed by atoms with Gasteiger partial charge in [0.1, 0.15) is 5.65 Å². The molecule has 6 rings (SSSR count). The summed E-state index contributed by atoms with van der Waals surface area (Å²) in [7, 11) is 0. The van der Waals surface area contributed by atoms with Crippen LogP contribution >= 0.6 is 0 Å². The van der Waals surface area contributed by atoms with Crippen LogP contribution in [0, 0.1) is 23.7 Å². The standard InChI is InChI=1S/C29H42N4O4/c1-3-5-6-18(4-2)7-8-24(34)37-17-33-10-9-22-26(23(27(30)35)16-31-28(22)33)32-25-20-11-19-12-21(25)15-29(36,13-19)14-20/h9-10,16,18-21,25,36H,3-8,11-15,17H2,1-2H3,(H2,30,35)(H,31,32)/t18-,19?,20?,21?,25?,29?/m1/s1. The number of carbonyl (C=O) groups is 2. The Morgan fingerprint density at radius 1 is 1.24 bits per heavy atom. The Morgan fingerprint density at radius 3 is 2.65 bits per heavy atom. The van der Waals surface area contributed by atoms with Gasteiger partial charge in [-0.1, -0.05) is 39.5 Å². The van der Waals surface area contributed by atoms with E-state index < -0.39 is 11.5 Å². The molecule has 3 atom stereocenters. The second kappa shape index (κ2) is 10.6. The Hall–Kier alpha value is -2.61. The van der Waals surface area contributed by atoms with Gasteiger partial charge in [0.15, 0.2) is 6.73 Å². The summed E-state index contributed by atoms with van der Waals surface area (Å²) in [6.07, 6.45) is 14.0. The van der Waals surface area contributed by atoms with E-state index in [-0.39, 0.29) is 18.7 Å². The highest BCUT2D eigenvalue weighted by atomic mass is 16.5. The van der Waals surface area contributed by atoms with Crippen molar-refractivity contribution in [2.45, 2.75) is 103 Å². The van der Waals surface area contributed by atoms with Gasteiger partial charge in [0.2, 0.25) is 0 Å². The molecule has 4 N–H and O–H groups in total. The van der Waals surface area contributed by atoms with Crippen LogP contribution < -0.4 is 11.1 Å². The molecule has 8 heteroatoms.